The monoisotopic (exact) mass is 286 g/mol. The summed E-state index contributed by atoms with van der Waals surface area (Å²) in [6.07, 6.45) is 2.21. The standard InChI is InChI=1S/C11H15BrN2O2/c1-3-11(2,7-15)14-10(16)9-8(12)5-4-6-13-9/h4-6,15H,3,7H2,1-2H3,(H,14,16). The van der Waals surface area contributed by atoms with Crippen LogP contribution in [0.15, 0.2) is 22.8 Å². The van der Waals surface area contributed by atoms with Gasteiger partial charge in [0, 0.05) is 10.7 Å². The molecule has 0 aliphatic carbocycles. The lowest BCUT2D eigenvalue weighted by Crippen LogP contribution is -2.48. The summed E-state index contributed by atoms with van der Waals surface area (Å²) in [6.45, 7) is 3.60. The lowest BCUT2D eigenvalue weighted by molar-refractivity contribution is 0.0841. The van der Waals surface area contributed by atoms with Crippen LogP contribution in [0, 0.1) is 0 Å². The molecule has 0 aliphatic rings. The molecule has 1 heterocycles. The van der Waals surface area contributed by atoms with Crippen LogP contribution >= 0.6 is 15.9 Å². The molecule has 0 aromatic carbocycles. The molecule has 1 amide bonds. The second-order valence-corrected chi connectivity index (χ2v) is 4.71. The van der Waals surface area contributed by atoms with Gasteiger partial charge in [0.05, 0.1) is 12.1 Å². The van der Waals surface area contributed by atoms with Gasteiger partial charge in [-0.3, -0.25) is 4.79 Å². The first-order chi connectivity index (χ1) is 7.52. The summed E-state index contributed by atoms with van der Waals surface area (Å²) in [5.41, 5.74) is -0.274. The van der Waals surface area contributed by atoms with Crippen LogP contribution in [-0.4, -0.2) is 28.1 Å². The van der Waals surface area contributed by atoms with Crippen molar-refractivity contribution in [1.29, 1.82) is 0 Å². The highest BCUT2D eigenvalue weighted by Gasteiger charge is 2.25. The van der Waals surface area contributed by atoms with Crippen LogP contribution in [0.5, 0.6) is 0 Å². The Hall–Kier alpha value is -0.940. The number of pyridine rings is 1. The Morgan fingerprint density at radius 3 is 2.88 bits per heavy atom. The van der Waals surface area contributed by atoms with Crippen LogP contribution in [0.4, 0.5) is 0 Å². The maximum Gasteiger partial charge on any atom is 0.271 e. The van der Waals surface area contributed by atoms with Gasteiger partial charge in [0.25, 0.3) is 5.91 Å². The number of amides is 1. The number of aliphatic hydroxyl groups is 1. The largest absolute Gasteiger partial charge is 0.394 e. The molecule has 1 aromatic heterocycles. The van der Waals surface area contributed by atoms with E-state index in [1.54, 1.807) is 25.3 Å². The van der Waals surface area contributed by atoms with Gasteiger partial charge in [-0.25, -0.2) is 4.98 Å². The fourth-order valence-corrected chi connectivity index (χ4v) is 1.56. The van der Waals surface area contributed by atoms with Crippen LogP contribution < -0.4 is 5.32 Å². The number of nitrogens with zero attached hydrogens (tertiary/aromatic N) is 1. The van der Waals surface area contributed by atoms with Gasteiger partial charge in [-0.15, -0.1) is 0 Å². The van der Waals surface area contributed by atoms with E-state index in [4.69, 9.17) is 0 Å². The van der Waals surface area contributed by atoms with Crippen molar-refractivity contribution in [1.82, 2.24) is 10.3 Å². The topological polar surface area (TPSA) is 62.2 Å². The molecular formula is C11H15BrN2O2. The second-order valence-electron chi connectivity index (χ2n) is 3.86. The molecule has 0 bridgehead atoms. The molecule has 16 heavy (non-hydrogen) atoms. The third-order valence-corrected chi connectivity index (χ3v) is 3.16. The number of aromatic nitrogens is 1. The number of hydrogen-bond donors (Lipinski definition) is 2. The van der Waals surface area contributed by atoms with E-state index in [1.807, 2.05) is 6.92 Å². The Morgan fingerprint density at radius 1 is 1.69 bits per heavy atom. The van der Waals surface area contributed by atoms with Gasteiger partial charge in [0.2, 0.25) is 0 Å². The van der Waals surface area contributed by atoms with Crippen molar-refractivity contribution < 1.29 is 9.90 Å². The molecule has 1 rings (SSSR count). The third kappa shape index (κ3) is 3.02. The lowest BCUT2D eigenvalue weighted by atomic mass is 10.00. The van der Waals surface area contributed by atoms with E-state index in [2.05, 4.69) is 26.2 Å². The molecule has 0 spiro atoms. The molecule has 5 heteroatoms. The van der Waals surface area contributed by atoms with Crippen molar-refractivity contribution in [2.75, 3.05) is 6.61 Å². The normalized spacial score (nSPS) is 14.2. The van der Waals surface area contributed by atoms with Gasteiger partial charge in [-0.1, -0.05) is 6.92 Å². The Bertz CT molecular complexity index is 378. The first kappa shape index (κ1) is 13.1. The number of carbonyl (C=O) groups excluding carboxylic acids is 1. The minimum atomic E-state index is -0.603. The van der Waals surface area contributed by atoms with E-state index in [-0.39, 0.29) is 12.5 Å². The van der Waals surface area contributed by atoms with Crippen molar-refractivity contribution in [2.24, 2.45) is 0 Å². The molecule has 0 saturated heterocycles. The molecule has 0 saturated carbocycles. The van der Waals surface area contributed by atoms with Gasteiger partial charge in [0.1, 0.15) is 5.69 Å². The minimum Gasteiger partial charge on any atom is -0.394 e. The van der Waals surface area contributed by atoms with Crippen LogP contribution in [-0.2, 0) is 0 Å². The van der Waals surface area contributed by atoms with E-state index < -0.39 is 5.54 Å². The van der Waals surface area contributed by atoms with Crippen molar-refractivity contribution in [3.05, 3.63) is 28.5 Å². The number of carbonyl (C=O) groups is 1. The molecule has 2 N–H and O–H groups in total. The maximum absolute atomic E-state index is 11.9. The second kappa shape index (κ2) is 5.41. The number of nitrogens with one attached hydrogen (secondary N) is 1. The van der Waals surface area contributed by atoms with Crippen LogP contribution in [0.2, 0.25) is 0 Å². The molecule has 0 radical (unpaired) electrons. The fourth-order valence-electron chi connectivity index (χ4n) is 1.13. The predicted molar refractivity (Wildman–Crippen MR) is 65.2 cm³/mol. The SMILES string of the molecule is CCC(C)(CO)NC(=O)c1ncccc1Br. The van der Waals surface area contributed by atoms with E-state index in [0.717, 1.165) is 0 Å². The van der Waals surface area contributed by atoms with E-state index in [1.165, 1.54) is 0 Å². The fraction of sp³-hybridized carbons (Fsp3) is 0.455. The van der Waals surface area contributed by atoms with Crippen LogP contribution in [0.1, 0.15) is 30.8 Å². The zero-order chi connectivity index (χ0) is 12.2. The smallest absolute Gasteiger partial charge is 0.271 e. The highest BCUT2D eigenvalue weighted by molar-refractivity contribution is 9.10. The zero-order valence-corrected chi connectivity index (χ0v) is 10.9. The predicted octanol–water partition coefficient (Wildman–Crippen LogP) is 1.73. The summed E-state index contributed by atoms with van der Waals surface area (Å²) in [4.78, 5) is 15.9. The van der Waals surface area contributed by atoms with E-state index in [0.29, 0.717) is 16.6 Å². The number of hydrogen-bond acceptors (Lipinski definition) is 3. The van der Waals surface area contributed by atoms with Crippen molar-refractivity contribution in [3.63, 3.8) is 0 Å². The molecule has 1 unspecified atom stereocenters. The highest BCUT2D eigenvalue weighted by Crippen LogP contribution is 2.15. The minimum absolute atomic E-state index is 0.0975. The molecule has 0 fully saturated rings. The van der Waals surface area contributed by atoms with Gasteiger partial charge in [-0.2, -0.15) is 0 Å². The van der Waals surface area contributed by atoms with Gasteiger partial charge in [0.15, 0.2) is 0 Å². The average Bonchev–Trinajstić information content (AvgIpc) is 2.29. The third-order valence-electron chi connectivity index (χ3n) is 2.52. The van der Waals surface area contributed by atoms with Crippen molar-refractivity contribution >= 4 is 21.8 Å². The molecule has 1 aromatic rings. The Kier molecular flexibility index (Phi) is 4.44. The van der Waals surface area contributed by atoms with Crippen LogP contribution in [0.25, 0.3) is 0 Å². The molecular weight excluding hydrogens is 272 g/mol. The molecule has 0 aliphatic heterocycles. The quantitative estimate of drug-likeness (QED) is 0.886. The first-order valence-corrected chi connectivity index (χ1v) is 5.85. The van der Waals surface area contributed by atoms with Gasteiger partial charge < -0.3 is 10.4 Å². The summed E-state index contributed by atoms with van der Waals surface area (Å²) >= 11 is 3.26. The summed E-state index contributed by atoms with van der Waals surface area (Å²) < 4.78 is 0.642. The average molecular weight is 287 g/mol. The van der Waals surface area contributed by atoms with E-state index >= 15 is 0 Å². The molecule has 88 valence electrons. The number of aliphatic hydroxyl groups excluding tert-OH is 1. The number of rotatable bonds is 4. The molecule has 4 nitrogen and oxygen atoms in total. The Labute approximate surface area is 103 Å². The zero-order valence-electron chi connectivity index (χ0n) is 9.33. The Morgan fingerprint density at radius 2 is 2.38 bits per heavy atom. The van der Waals surface area contributed by atoms with Crippen molar-refractivity contribution in [2.45, 2.75) is 25.8 Å². The van der Waals surface area contributed by atoms with Gasteiger partial charge in [-0.05, 0) is 41.4 Å². The summed E-state index contributed by atoms with van der Waals surface area (Å²) in [6, 6.07) is 3.50. The summed E-state index contributed by atoms with van der Waals surface area (Å²) in [7, 11) is 0. The van der Waals surface area contributed by atoms with E-state index in [9.17, 15) is 9.90 Å². The van der Waals surface area contributed by atoms with Crippen LogP contribution in [0.3, 0.4) is 0 Å². The van der Waals surface area contributed by atoms with Crippen molar-refractivity contribution in [3.8, 4) is 0 Å². The molecule has 1 atom stereocenters. The van der Waals surface area contributed by atoms with Gasteiger partial charge >= 0.3 is 0 Å². The maximum atomic E-state index is 11.9. The summed E-state index contributed by atoms with van der Waals surface area (Å²) in [5.74, 6) is -0.286. The summed E-state index contributed by atoms with van der Waals surface area (Å²) in [5, 5.41) is 12.0. The number of halogens is 1. The lowest BCUT2D eigenvalue weighted by Gasteiger charge is -2.27. The Balaban J connectivity index is 2.84. The first-order valence-electron chi connectivity index (χ1n) is 5.06. The highest BCUT2D eigenvalue weighted by atomic mass is 79.9.